The van der Waals surface area contributed by atoms with Gasteiger partial charge < -0.3 is 10.4 Å². The molecule has 1 aromatic carbocycles. The fraction of sp³-hybridized carbons (Fsp3) is 0.267. The predicted octanol–water partition coefficient (Wildman–Crippen LogP) is 3.18. The van der Waals surface area contributed by atoms with Crippen molar-refractivity contribution in [2.24, 2.45) is 0 Å². The summed E-state index contributed by atoms with van der Waals surface area (Å²) in [5.41, 5.74) is -0.928. The summed E-state index contributed by atoms with van der Waals surface area (Å²) in [5, 5.41) is 23.5. The molecule has 6 nitrogen and oxygen atoms in total. The van der Waals surface area contributed by atoms with Gasteiger partial charge >= 0.3 is 5.97 Å². The van der Waals surface area contributed by atoms with Gasteiger partial charge in [0.2, 0.25) is 0 Å². The number of benzene rings is 1. The van der Waals surface area contributed by atoms with Crippen LogP contribution in [0.2, 0.25) is 0 Å². The summed E-state index contributed by atoms with van der Waals surface area (Å²) < 4.78 is 26.5. The van der Waals surface area contributed by atoms with Crippen molar-refractivity contribution in [2.75, 3.05) is 0 Å². The fourth-order valence-corrected chi connectivity index (χ4v) is 2.78. The van der Waals surface area contributed by atoms with Crippen LogP contribution in [-0.4, -0.2) is 16.0 Å². The van der Waals surface area contributed by atoms with Gasteiger partial charge in [-0.2, -0.15) is 0 Å². The molecule has 2 rings (SSSR count). The molecule has 1 aliphatic heterocycles. The Morgan fingerprint density at radius 2 is 1.91 bits per heavy atom. The van der Waals surface area contributed by atoms with E-state index in [2.05, 4.69) is 5.32 Å². The van der Waals surface area contributed by atoms with E-state index in [0.717, 1.165) is 6.07 Å². The van der Waals surface area contributed by atoms with E-state index in [-0.39, 0.29) is 22.5 Å². The van der Waals surface area contributed by atoms with Crippen LogP contribution < -0.4 is 5.32 Å². The van der Waals surface area contributed by atoms with E-state index in [1.165, 1.54) is 32.0 Å². The van der Waals surface area contributed by atoms with Crippen LogP contribution in [0.5, 0.6) is 0 Å². The number of allylic oxidation sites excluding steroid dienone is 3. The average Bonchev–Trinajstić information content (AvgIpc) is 2.45. The Morgan fingerprint density at radius 3 is 2.43 bits per heavy atom. The highest BCUT2D eigenvalue weighted by molar-refractivity contribution is 5.90. The van der Waals surface area contributed by atoms with Crippen LogP contribution in [0.3, 0.4) is 0 Å². The minimum Gasteiger partial charge on any atom is -0.478 e. The first-order valence-electron chi connectivity index (χ1n) is 6.68. The molecule has 1 aromatic rings. The molecular weight excluding hydrogens is 310 g/mol. The first-order valence-corrected chi connectivity index (χ1v) is 6.68. The predicted molar refractivity (Wildman–Crippen MR) is 77.3 cm³/mol. The van der Waals surface area contributed by atoms with Crippen molar-refractivity contribution >= 4 is 5.97 Å². The van der Waals surface area contributed by atoms with E-state index in [0.29, 0.717) is 0 Å². The average molecular weight is 324 g/mol. The summed E-state index contributed by atoms with van der Waals surface area (Å²) in [6.45, 7) is 2.86. The number of nitro groups is 1. The van der Waals surface area contributed by atoms with Gasteiger partial charge in [-0.1, -0.05) is 24.3 Å². The second-order valence-electron chi connectivity index (χ2n) is 5.10. The highest BCUT2D eigenvalue weighted by Gasteiger charge is 2.41. The Kier molecular flexibility index (Phi) is 4.44. The second-order valence-corrected chi connectivity index (χ2v) is 5.10. The molecule has 0 saturated heterocycles. The number of dihydropyridines is 1. The van der Waals surface area contributed by atoms with Crippen molar-refractivity contribution < 1.29 is 23.6 Å². The number of rotatable bonds is 4. The van der Waals surface area contributed by atoms with Gasteiger partial charge in [-0.15, -0.1) is 0 Å². The van der Waals surface area contributed by atoms with Crippen molar-refractivity contribution in [3.63, 3.8) is 0 Å². The zero-order chi connectivity index (χ0) is 17.3. The summed E-state index contributed by atoms with van der Waals surface area (Å²) >= 11 is 0. The highest BCUT2D eigenvalue weighted by atomic mass is 19.3. The van der Waals surface area contributed by atoms with Crippen molar-refractivity contribution in [3.8, 4) is 0 Å². The maximum atomic E-state index is 13.3. The van der Waals surface area contributed by atoms with Crippen molar-refractivity contribution in [3.05, 3.63) is 68.2 Å². The summed E-state index contributed by atoms with van der Waals surface area (Å²) in [6, 6.07) is 5.27. The molecule has 0 spiro atoms. The Bertz CT molecular complexity index is 705. The summed E-state index contributed by atoms with van der Waals surface area (Å²) in [4.78, 5) is 22.3. The van der Waals surface area contributed by atoms with Crippen molar-refractivity contribution in [2.45, 2.75) is 26.2 Å². The minimum absolute atomic E-state index is 0.0770. The first-order chi connectivity index (χ1) is 10.8. The van der Waals surface area contributed by atoms with Crippen LogP contribution in [0.1, 0.15) is 37.3 Å². The molecular formula is C15H14F2N2O4. The molecule has 0 saturated carbocycles. The number of carboxylic acid groups (broad SMARTS) is 1. The first kappa shape index (κ1) is 16.6. The van der Waals surface area contributed by atoms with Gasteiger partial charge in [0, 0.05) is 11.3 Å². The smallest absolute Gasteiger partial charge is 0.334 e. The molecule has 122 valence electrons. The van der Waals surface area contributed by atoms with Crippen LogP contribution in [0.25, 0.3) is 0 Å². The SMILES string of the molecule is CC1=C(C(=O)O)[C@@H](c2ccccc2C(F)F)C([N+](=O)[O-])=C(C)N1. The lowest BCUT2D eigenvalue weighted by Crippen LogP contribution is -2.31. The molecule has 0 aromatic heterocycles. The van der Waals surface area contributed by atoms with E-state index in [9.17, 15) is 28.8 Å². The lowest BCUT2D eigenvalue weighted by Gasteiger charge is -2.26. The Hall–Kier alpha value is -2.77. The molecule has 0 aliphatic carbocycles. The number of nitrogens with zero attached hydrogens (tertiary/aromatic N) is 1. The Labute approximate surface area is 130 Å². The number of hydrogen-bond donors (Lipinski definition) is 2. The third kappa shape index (κ3) is 2.92. The molecule has 0 bridgehead atoms. The van der Waals surface area contributed by atoms with Gasteiger partial charge in [-0.3, -0.25) is 10.1 Å². The zero-order valence-electron chi connectivity index (χ0n) is 12.3. The molecule has 8 heteroatoms. The summed E-state index contributed by atoms with van der Waals surface area (Å²) in [6.07, 6.45) is -2.87. The molecule has 0 unspecified atom stereocenters. The molecule has 2 N–H and O–H groups in total. The number of halogens is 2. The van der Waals surface area contributed by atoms with E-state index < -0.39 is 34.5 Å². The number of carbonyl (C=O) groups is 1. The molecule has 1 aliphatic rings. The molecule has 0 radical (unpaired) electrons. The van der Waals surface area contributed by atoms with Crippen molar-refractivity contribution in [1.82, 2.24) is 5.32 Å². The Morgan fingerprint density at radius 1 is 1.30 bits per heavy atom. The number of aliphatic carboxylic acids is 1. The van der Waals surface area contributed by atoms with Gasteiger partial charge in [-0.25, -0.2) is 13.6 Å². The topological polar surface area (TPSA) is 92.5 Å². The molecule has 0 fully saturated rings. The molecule has 1 atom stereocenters. The Balaban J connectivity index is 2.78. The zero-order valence-corrected chi connectivity index (χ0v) is 12.3. The maximum absolute atomic E-state index is 13.3. The van der Waals surface area contributed by atoms with Gasteiger partial charge in [0.05, 0.1) is 16.2 Å². The number of nitrogens with one attached hydrogen (secondary N) is 1. The third-order valence-electron chi connectivity index (χ3n) is 3.69. The van der Waals surface area contributed by atoms with Gasteiger partial charge in [0.15, 0.2) is 0 Å². The number of carboxylic acids is 1. The summed E-state index contributed by atoms with van der Waals surface area (Å²) in [5.74, 6) is -2.76. The highest BCUT2D eigenvalue weighted by Crippen LogP contribution is 2.41. The second kappa shape index (κ2) is 6.15. The van der Waals surface area contributed by atoms with Crippen LogP contribution in [0.15, 0.2) is 46.9 Å². The largest absolute Gasteiger partial charge is 0.478 e. The van der Waals surface area contributed by atoms with Gasteiger partial charge in [0.25, 0.3) is 12.1 Å². The number of alkyl halides is 2. The van der Waals surface area contributed by atoms with Crippen LogP contribution in [0, 0.1) is 10.1 Å². The fourth-order valence-electron chi connectivity index (χ4n) is 2.78. The van der Waals surface area contributed by atoms with Crippen LogP contribution in [0.4, 0.5) is 8.78 Å². The molecule has 0 amide bonds. The van der Waals surface area contributed by atoms with E-state index >= 15 is 0 Å². The third-order valence-corrected chi connectivity index (χ3v) is 3.69. The summed E-state index contributed by atoms with van der Waals surface area (Å²) in [7, 11) is 0. The normalized spacial score (nSPS) is 18.2. The van der Waals surface area contributed by atoms with E-state index in [4.69, 9.17) is 0 Å². The quantitative estimate of drug-likeness (QED) is 0.655. The van der Waals surface area contributed by atoms with Crippen molar-refractivity contribution in [1.29, 1.82) is 0 Å². The lowest BCUT2D eigenvalue weighted by atomic mass is 9.82. The lowest BCUT2D eigenvalue weighted by molar-refractivity contribution is -0.431. The van der Waals surface area contributed by atoms with Gasteiger partial charge in [-0.05, 0) is 19.4 Å². The standard InChI is InChI=1S/C15H14F2N2O4/c1-7-11(15(20)21)12(13(19(22)23)8(2)18-7)9-5-3-4-6-10(9)14(16)17/h3-6,12,14,18H,1-2H3,(H,20,21)/t12-/m1/s1. The van der Waals surface area contributed by atoms with E-state index in [1.807, 2.05) is 0 Å². The minimum atomic E-state index is -2.87. The van der Waals surface area contributed by atoms with Crippen LogP contribution >= 0.6 is 0 Å². The monoisotopic (exact) mass is 324 g/mol. The van der Waals surface area contributed by atoms with Crippen LogP contribution in [-0.2, 0) is 4.79 Å². The molecule has 1 heterocycles. The maximum Gasteiger partial charge on any atom is 0.334 e. The number of hydrogen-bond acceptors (Lipinski definition) is 4. The van der Waals surface area contributed by atoms with Gasteiger partial charge in [0.1, 0.15) is 5.92 Å². The van der Waals surface area contributed by atoms with E-state index in [1.54, 1.807) is 0 Å². The molecule has 23 heavy (non-hydrogen) atoms.